The van der Waals surface area contributed by atoms with Gasteiger partial charge in [-0.1, -0.05) is 29.8 Å². The summed E-state index contributed by atoms with van der Waals surface area (Å²) in [5.41, 5.74) is 0.735. The molecule has 6 heteroatoms. The number of halogens is 1. The molecule has 2 aromatic carbocycles. The molecule has 0 amide bonds. The molecule has 0 saturated carbocycles. The first-order valence-corrected chi connectivity index (χ1v) is 8.80. The molecule has 1 N–H and O–H groups in total. The van der Waals surface area contributed by atoms with Crippen molar-refractivity contribution in [3.63, 3.8) is 0 Å². The van der Waals surface area contributed by atoms with Gasteiger partial charge in [-0.25, -0.2) is 13.1 Å². The Labute approximate surface area is 136 Å². The summed E-state index contributed by atoms with van der Waals surface area (Å²) in [6.45, 7) is 4.17. The van der Waals surface area contributed by atoms with Crippen LogP contribution in [0.5, 0.6) is 5.75 Å². The summed E-state index contributed by atoms with van der Waals surface area (Å²) in [6, 6.07) is 13.1. The minimum absolute atomic E-state index is 0.190. The number of benzene rings is 2. The van der Waals surface area contributed by atoms with Crippen molar-refractivity contribution in [2.24, 2.45) is 0 Å². The summed E-state index contributed by atoms with van der Waals surface area (Å²) < 4.78 is 32.7. The maximum Gasteiger partial charge on any atom is 0.241 e. The van der Waals surface area contributed by atoms with Crippen molar-refractivity contribution in [2.75, 3.05) is 6.61 Å². The highest BCUT2D eigenvalue weighted by atomic mass is 35.5. The molecule has 0 bridgehead atoms. The van der Waals surface area contributed by atoms with Crippen LogP contribution in [0.1, 0.15) is 25.5 Å². The van der Waals surface area contributed by atoms with Gasteiger partial charge in [0, 0.05) is 11.1 Å². The zero-order chi connectivity index (χ0) is 16.2. The van der Waals surface area contributed by atoms with Crippen molar-refractivity contribution >= 4 is 21.6 Å². The average Bonchev–Trinajstić information content (AvgIpc) is 2.48. The SMILES string of the molecule is CCOc1ccc(S(=O)(=O)NC(C)c2ccccc2Cl)cc1. The van der Waals surface area contributed by atoms with Crippen LogP contribution in [0.15, 0.2) is 53.4 Å². The highest BCUT2D eigenvalue weighted by molar-refractivity contribution is 7.89. The van der Waals surface area contributed by atoms with Gasteiger partial charge in [0.15, 0.2) is 0 Å². The lowest BCUT2D eigenvalue weighted by Gasteiger charge is -2.16. The topological polar surface area (TPSA) is 55.4 Å². The van der Waals surface area contributed by atoms with Crippen LogP contribution >= 0.6 is 11.6 Å². The van der Waals surface area contributed by atoms with Crippen LogP contribution in [0.2, 0.25) is 5.02 Å². The van der Waals surface area contributed by atoms with Crippen molar-refractivity contribution in [1.29, 1.82) is 0 Å². The maximum absolute atomic E-state index is 12.4. The highest BCUT2D eigenvalue weighted by Crippen LogP contribution is 2.24. The number of sulfonamides is 1. The van der Waals surface area contributed by atoms with E-state index in [-0.39, 0.29) is 4.90 Å². The van der Waals surface area contributed by atoms with Crippen LogP contribution in [0.25, 0.3) is 0 Å². The van der Waals surface area contributed by atoms with Crippen LogP contribution < -0.4 is 9.46 Å². The summed E-state index contributed by atoms with van der Waals surface area (Å²) in [4.78, 5) is 0.190. The zero-order valence-corrected chi connectivity index (χ0v) is 14.0. The second kappa shape index (κ2) is 7.13. The Bertz CT molecular complexity index is 729. The molecule has 1 unspecified atom stereocenters. The molecule has 0 aromatic heterocycles. The standard InChI is InChI=1S/C16H18ClNO3S/c1-3-21-13-8-10-14(11-9-13)22(19,20)18-12(2)15-6-4-5-7-16(15)17/h4-12,18H,3H2,1-2H3. The lowest BCUT2D eigenvalue weighted by atomic mass is 10.1. The van der Waals surface area contributed by atoms with Crippen molar-refractivity contribution in [2.45, 2.75) is 24.8 Å². The lowest BCUT2D eigenvalue weighted by Crippen LogP contribution is -2.27. The second-order valence-electron chi connectivity index (χ2n) is 4.77. The van der Waals surface area contributed by atoms with E-state index in [0.29, 0.717) is 17.4 Å². The van der Waals surface area contributed by atoms with Crippen molar-refractivity contribution in [1.82, 2.24) is 4.72 Å². The van der Waals surface area contributed by atoms with E-state index in [1.807, 2.05) is 13.0 Å². The third kappa shape index (κ3) is 4.00. The molecule has 0 aliphatic heterocycles. The lowest BCUT2D eigenvalue weighted by molar-refractivity contribution is 0.340. The number of nitrogens with one attached hydrogen (secondary N) is 1. The first-order valence-electron chi connectivity index (χ1n) is 6.93. The fourth-order valence-electron chi connectivity index (χ4n) is 2.07. The van der Waals surface area contributed by atoms with Gasteiger partial charge in [-0.05, 0) is 49.7 Å². The van der Waals surface area contributed by atoms with Gasteiger partial charge in [-0.2, -0.15) is 0 Å². The van der Waals surface area contributed by atoms with Gasteiger partial charge in [0.05, 0.1) is 11.5 Å². The van der Waals surface area contributed by atoms with Crippen molar-refractivity contribution < 1.29 is 13.2 Å². The number of ether oxygens (including phenoxy) is 1. The van der Waals surface area contributed by atoms with Crippen LogP contribution in [0, 0.1) is 0 Å². The van der Waals surface area contributed by atoms with Crippen molar-refractivity contribution in [3.8, 4) is 5.75 Å². The van der Waals surface area contributed by atoms with Gasteiger partial charge in [0.25, 0.3) is 0 Å². The Morgan fingerprint density at radius 2 is 1.77 bits per heavy atom. The molecule has 0 radical (unpaired) electrons. The van der Waals surface area contributed by atoms with E-state index in [1.165, 1.54) is 12.1 Å². The van der Waals surface area contributed by atoms with E-state index in [2.05, 4.69) is 4.72 Å². The van der Waals surface area contributed by atoms with Gasteiger partial charge >= 0.3 is 0 Å². The molecule has 22 heavy (non-hydrogen) atoms. The van der Waals surface area contributed by atoms with Gasteiger partial charge in [0.2, 0.25) is 10.0 Å². The third-order valence-corrected chi connectivity index (χ3v) is 5.05. The number of hydrogen-bond donors (Lipinski definition) is 1. The van der Waals surface area contributed by atoms with E-state index in [0.717, 1.165) is 5.56 Å². The molecule has 118 valence electrons. The van der Waals surface area contributed by atoms with E-state index in [4.69, 9.17) is 16.3 Å². The molecule has 2 rings (SSSR count). The Hall–Kier alpha value is -1.56. The first-order chi connectivity index (χ1) is 10.4. The fraction of sp³-hybridized carbons (Fsp3) is 0.250. The van der Waals surface area contributed by atoms with Gasteiger partial charge < -0.3 is 4.74 Å². The van der Waals surface area contributed by atoms with E-state index in [1.54, 1.807) is 37.3 Å². The minimum Gasteiger partial charge on any atom is -0.494 e. The van der Waals surface area contributed by atoms with Gasteiger partial charge in [0.1, 0.15) is 5.75 Å². The smallest absolute Gasteiger partial charge is 0.241 e. The summed E-state index contributed by atoms with van der Waals surface area (Å²) in [6.07, 6.45) is 0. The third-order valence-electron chi connectivity index (χ3n) is 3.15. The molecule has 2 aromatic rings. The Kier molecular flexibility index (Phi) is 5.45. The zero-order valence-electron chi connectivity index (χ0n) is 12.4. The molecule has 0 spiro atoms. The average molecular weight is 340 g/mol. The largest absolute Gasteiger partial charge is 0.494 e. The highest BCUT2D eigenvalue weighted by Gasteiger charge is 2.19. The monoisotopic (exact) mass is 339 g/mol. The molecule has 1 atom stereocenters. The molecule has 4 nitrogen and oxygen atoms in total. The quantitative estimate of drug-likeness (QED) is 0.871. The summed E-state index contributed by atoms with van der Waals surface area (Å²) >= 11 is 6.10. The normalized spacial score (nSPS) is 12.9. The van der Waals surface area contributed by atoms with Crippen LogP contribution in [-0.4, -0.2) is 15.0 Å². The summed E-state index contributed by atoms with van der Waals surface area (Å²) in [5, 5.41) is 0.532. The number of hydrogen-bond acceptors (Lipinski definition) is 3. The Morgan fingerprint density at radius 1 is 1.14 bits per heavy atom. The predicted molar refractivity (Wildman–Crippen MR) is 87.8 cm³/mol. The van der Waals surface area contributed by atoms with Crippen LogP contribution in [0.4, 0.5) is 0 Å². The molecule has 0 saturated heterocycles. The fourth-order valence-corrected chi connectivity index (χ4v) is 3.59. The molecule has 0 fully saturated rings. The number of rotatable bonds is 6. The molecule has 0 aliphatic rings. The maximum atomic E-state index is 12.4. The summed E-state index contributed by atoms with van der Waals surface area (Å²) in [5.74, 6) is 0.639. The van der Waals surface area contributed by atoms with Crippen LogP contribution in [0.3, 0.4) is 0 Å². The molecule has 0 heterocycles. The van der Waals surface area contributed by atoms with Crippen LogP contribution in [-0.2, 0) is 10.0 Å². The molecular weight excluding hydrogens is 322 g/mol. The Morgan fingerprint density at radius 3 is 2.36 bits per heavy atom. The Balaban J connectivity index is 2.18. The van der Waals surface area contributed by atoms with Gasteiger partial charge in [-0.15, -0.1) is 0 Å². The van der Waals surface area contributed by atoms with Crippen molar-refractivity contribution in [3.05, 3.63) is 59.1 Å². The molecular formula is C16H18ClNO3S. The molecule has 0 aliphatic carbocycles. The summed E-state index contributed by atoms with van der Waals surface area (Å²) in [7, 11) is -3.62. The minimum atomic E-state index is -3.62. The predicted octanol–water partition coefficient (Wildman–Crippen LogP) is 3.78. The van der Waals surface area contributed by atoms with Gasteiger partial charge in [-0.3, -0.25) is 0 Å². The van der Waals surface area contributed by atoms with E-state index >= 15 is 0 Å². The van der Waals surface area contributed by atoms with E-state index < -0.39 is 16.1 Å². The first kappa shape index (κ1) is 16.8. The second-order valence-corrected chi connectivity index (χ2v) is 6.89. The van der Waals surface area contributed by atoms with E-state index in [9.17, 15) is 8.42 Å².